The third-order valence-electron chi connectivity index (χ3n) is 3.46. The molecule has 1 aromatic carbocycles. The molecule has 4 nitrogen and oxygen atoms in total. The molecular weight excluding hydrogens is 256 g/mol. The molecule has 6 heteroatoms. The van der Waals surface area contributed by atoms with Gasteiger partial charge in [-0.25, -0.2) is 13.6 Å². The van der Waals surface area contributed by atoms with E-state index in [1.54, 1.807) is 0 Å². The maximum atomic E-state index is 13.1. The first-order valence-corrected chi connectivity index (χ1v) is 5.86. The average molecular weight is 269 g/mol. The van der Waals surface area contributed by atoms with Gasteiger partial charge in [0, 0.05) is 18.2 Å². The molecule has 1 heterocycles. The number of carbonyl (C=O) groups excluding carboxylic acids is 1. The fraction of sp³-hybridized carbons (Fsp3) is 0.385. The Morgan fingerprint density at radius 3 is 2.37 bits per heavy atom. The fourth-order valence-corrected chi connectivity index (χ4v) is 2.34. The normalized spacial score (nSPS) is 22.6. The molecule has 1 fully saturated rings. The zero-order chi connectivity index (χ0) is 14.2. The SMILES string of the molecule is CC1(C(=O)O)CCCN1C(=O)c1cc(F)cc(F)c1. The van der Waals surface area contributed by atoms with Gasteiger partial charge in [-0.3, -0.25) is 4.79 Å². The molecule has 1 aliphatic heterocycles. The maximum Gasteiger partial charge on any atom is 0.329 e. The molecule has 1 atom stereocenters. The topological polar surface area (TPSA) is 57.6 Å². The Bertz CT molecular complexity index is 526. The second-order valence-corrected chi connectivity index (χ2v) is 4.80. The van der Waals surface area contributed by atoms with E-state index in [9.17, 15) is 23.5 Å². The number of hydrogen-bond donors (Lipinski definition) is 1. The lowest BCUT2D eigenvalue weighted by Crippen LogP contribution is -2.50. The summed E-state index contributed by atoms with van der Waals surface area (Å²) in [6.07, 6.45) is 0.873. The summed E-state index contributed by atoms with van der Waals surface area (Å²) in [5.41, 5.74) is -1.49. The lowest BCUT2D eigenvalue weighted by atomic mass is 9.98. The summed E-state index contributed by atoms with van der Waals surface area (Å²) in [6.45, 7) is 1.70. The van der Waals surface area contributed by atoms with E-state index in [-0.39, 0.29) is 12.1 Å². The van der Waals surface area contributed by atoms with Crippen LogP contribution in [0.1, 0.15) is 30.1 Å². The van der Waals surface area contributed by atoms with Crippen molar-refractivity contribution in [3.63, 3.8) is 0 Å². The minimum Gasteiger partial charge on any atom is -0.480 e. The Morgan fingerprint density at radius 2 is 1.84 bits per heavy atom. The van der Waals surface area contributed by atoms with Crippen LogP contribution in [-0.4, -0.2) is 34.0 Å². The quantitative estimate of drug-likeness (QED) is 0.893. The van der Waals surface area contributed by atoms with Crippen molar-refractivity contribution in [2.75, 3.05) is 6.54 Å². The standard InChI is InChI=1S/C13H13F2NO3/c1-13(12(18)19)3-2-4-16(13)11(17)8-5-9(14)7-10(15)6-8/h5-7H,2-4H2,1H3,(H,18,19). The summed E-state index contributed by atoms with van der Waals surface area (Å²) < 4.78 is 26.2. The summed E-state index contributed by atoms with van der Waals surface area (Å²) >= 11 is 0. The predicted octanol–water partition coefficient (Wildman–Crippen LogP) is 2.04. The van der Waals surface area contributed by atoms with Crippen molar-refractivity contribution >= 4 is 11.9 Å². The summed E-state index contributed by atoms with van der Waals surface area (Å²) in [5, 5.41) is 9.21. The van der Waals surface area contributed by atoms with Gasteiger partial charge in [-0.05, 0) is 31.9 Å². The number of likely N-dealkylation sites (tertiary alicyclic amines) is 1. The monoisotopic (exact) mass is 269 g/mol. The molecule has 1 aliphatic rings. The lowest BCUT2D eigenvalue weighted by molar-refractivity contribution is -0.147. The first-order chi connectivity index (χ1) is 8.84. The van der Waals surface area contributed by atoms with Crippen LogP contribution in [0.4, 0.5) is 8.78 Å². The minimum absolute atomic E-state index is 0.174. The van der Waals surface area contributed by atoms with Gasteiger partial charge < -0.3 is 10.0 Å². The van der Waals surface area contributed by atoms with Crippen molar-refractivity contribution in [3.8, 4) is 0 Å². The van der Waals surface area contributed by atoms with E-state index in [0.717, 1.165) is 17.0 Å². The largest absolute Gasteiger partial charge is 0.480 e. The van der Waals surface area contributed by atoms with Crippen LogP contribution in [0.2, 0.25) is 0 Å². The first-order valence-electron chi connectivity index (χ1n) is 5.86. The molecule has 0 aromatic heterocycles. The molecule has 1 unspecified atom stereocenters. The predicted molar refractivity (Wildman–Crippen MR) is 62.7 cm³/mol. The molecular formula is C13H13F2NO3. The summed E-state index contributed by atoms with van der Waals surface area (Å²) in [4.78, 5) is 24.6. The van der Waals surface area contributed by atoms with E-state index in [1.165, 1.54) is 6.92 Å². The van der Waals surface area contributed by atoms with Crippen molar-refractivity contribution in [1.82, 2.24) is 4.90 Å². The maximum absolute atomic E-state index is 13.1. The second kappa shape index (κ2) is 4.60. The van der Waals surface area contributed by atoms with E-state index >= 15 is 0 Å². The number of hydrogen-bond acceptors (Lipinski definition) is 2. The van der Waals surface area contributed by atoms with Crippen molar-refractivity contribution < 1.29 is 23.5 Å². The molecule has 0 bridgehead atoms. The van der Waals surface area contributed by atoms with E-state index in [1.807, 2.05) is 0 Å². The van der Waals surface area contributed by atoms with Gasteiger partial charge in [0.1, 0.15) is 17.2 Å². The Balaban J connectivity index is 2.36. The van der Waals surface area contributed by atoms with Gasteiger partial charge in [0.2, 0.25) is 0 Å². The number of benzene rings is 1. The molecule has 1 amide bonds. The molecule has 1 aromatic rings. The van der Waals surface area contributed by atoms with Gasteiger partial charge in [0.15, 0.2) is 0 Å². The van der Waals surface area contributed by atoms with Crippen LogP contribution in [0.5, 0.6) is 0 Å². The average Bonchev–Trinajstić information content (AvgIpc) is 2.70. The second-order valence-electron chi connectivity index (χ2n) is 4.80. The minimum atomic E-state index is -1.32. The highest BCUT2D eigenvalue weighted by Crippen LogP contribution is 2.31. The van der Waals surface area contributed by atoms with Crippen molar-refractivity contribution in [2.45, 2.75) is 25.3 Å². The van der Waals surface area contributed by atoms with Crippen molar-refractivity contribution in [2.24, 2.45) is 0 Å². The molecule has 0 radical (unpaired) electrons. The third kappa shape index (κ3) is 2.30. The zero-order valence-electron chi connectivity index (χ0n) is 10.3. The van der Waals surface area contributed by atoms with Gasteiger partial charge in [0.05, 0.1) is 0 Å². The fourth-order valence-electron chi connectivity index (χ4n) is 2.34. The van der Waals surface area contributed by atoms with E-state index in [4.69, 9.17) is 0 Å². The Labute approximate surface area is 108 Å². The summed E-state index contributed by atoms with van der Waals surface area (Å²) in [6, 6.07) is 2.48. The number of rotatable bonds is 2. The lowest BCUT2D eigenvalue weighted by Gasteiger charge is -2.31. The van der Waals surface area contributed by atoms with Crippen LogP contribution in [0.15, 0.2) is 18.2 Å². The van der Waals surface area contributed by atoms with Crippen LogP contribution >= 0.6 is 0 Å². The van der Waals surface area contributed by atoms with Crippen molar-refractivity contribution in [3.05, 3.63) is 35.4 Å². The number of halogens is 2. The van der Waals surface area contributed by atoms with Gasteiger partial charge >= 0.3 is 5.97 Å². The highest BCUT2D eigenvalue weighted by atomic mass is 19.1. The van der Waals surface area contributed by atoms with E-state index < -0.39 is 29.0 Å². The number of amides is 1. The zero-order valence-corrected chi connectivity index (χ0v) is 10.3. The Kier molecular flexibility index (Phi) is 3.26. The van der Waals surface area contributed by atoms with Gasteiger partial charge in [-0.15, -0.1) is 0 Å². The van der Waals surface area contributed by atoms with Crippen LogP contribution in [0.25, 0.3) is 0 Å². The Hall–Kier alpha value is -1.98. The highest BCUT2D eigenvalue weighted by molar-refractivity contribution is 5.98. The highest BCUT2D eigenvalue weighted by Gasteiger charge is 2.46. The number of aliphatic carboxylic acids is 1. The molecule has 1 saturated heterocycles. The molecule has 19 heavy (non-hydrogen) atoms. The molecule has 0 aliphatic carbocycles. The first kappa shape index (κ1) is 13.5. The molecule has 102 valence electrons. The van der Waals surface area contributed by atoms with Crippen LogP contribution in [0.3, 0.4) is 0 Å². The van der Waals surface area contributed by atoms with Crippen LogP contribution in [0, 0.1) is 11.6 Å². The molecule has 1 N–H and O–H groups in total. The van der Waals surface area contributed by atoms with Gasteiger partial charge in [-0.1, -0.05) is 0 Å². The number of carbonyl (C=O) groups is 2. The Morgan fingerprint density at radius 1 is 1.26 bits per heavy atom. The smallest absolute Gasteiger partial charge is 0.329 e. The number of carboxylic acids is 1. The summed E-state index contributed by atoms with van der Waals surface area (Å²) in [5.74, 6) is -3.50. The van der Waals surface area contributed by atoms with Crippen LogP contribution < -0.4 is 0 Å². The summed E-state index contributed by atoms with van der Waals surface area (Å²) in [7, 11) is 0. The molecule has 0 spiro atoms. The van der Waals surface area contributed by atoms with Gasteiger partial charge in [-0.2, -0.15) is 0 Å². The number of nitrogens with zero attached hydrogens (tertiary/aromatic N) is 1. The van der Waals surface area contributed by atoms with Crippen molar-refractivity contribution in [1.29, 1.82) is 0 Å². The van der Waals surface area contributed by atoms with Crippen LogP contribution in [-0.2, 0) is 4.79 Å². The van der Waals surface area contributed by atoms with E-state index in [2.05, 4.69) is 0 Å². The van der Waals surface area contributed by atoms with Gasteiger partial charge in [0.25, 0.3) is 5.91 Å². The molecule has 2 rings (SSSR count). The third-order valence-corrected chi connectivity index (χ3v) is 3.46. The number of carboxylic acid groups (broad SMARTS) is 1. The molecule has 0 saturated carbocycles. The van der Waals surface area contributed by atoms with E-state index in [0.29, 0.717) is 18.9 Å².